The lowest BCUT2D eigenvalue weighted by atomic mass is 10.2. The summed E-state index contributed by atoms with van der Waals surface area (Å²) in [5, 5.41) is 16.7. The molecule has 6 nitrogen and oxygen atoms in total. The van der Waals surface area contributed by atoms with Crippen molar-refractivity contribution < 1.29 is 18.3 Å². The normalized spacial score (nSPS) is 12.5. The smallest absolute Gasteiger partial charge is 0.337 e. The summed E-state index contributed by atoms with van der Waals surface area (Å²) < 4.78 is 25.8. The van der Waals surface area contributed by atoms with E-state index in [4.69, 9.17) is 22.0 Å². The van der Waals surface area contributed by atoms with E-state index in [0.29, 0.717) is 0 Å². The van der Waals surface area contributed by atoms with Gasteiger partial charge in [0.2, 0.25) is 10.0 Å². The topological polar surface area (TPSA) is 107 Å². The van der Waals surface area contributed by atoms with Gasteiger partial charge in [-0.3, -0.25) is 4.72 Å². The van der Waals surface area contributed by atoms with Crippen molar-refractivity contribution in [3.05, 3.63) is 28.8 Å². The SMILES string of the molecule is CCC(C#N)S(=O)(=O)Nc1ccc(Cl)cc1C(=O)O. The highest BCUT2D eigenvalue weighted by molar-refractivity contribution is 7.93. The predicted molar refractivity (Wildman–Crippen MR) is 70.6 cm³/mol. The molecule has 0 aromatic heterocycles. The fourth-order valence-corrected chi connectivity index (χ4v) is 2.76. The number of aromatic carboxylic acids is 1. The number of hydrogen-bond donors (Lipinski definition) is 2. The molecule has 0 saturated carbocycles. The second kappa shape index (κ2) is 5.91. The number of sulfonamides is 1. The lowest BCUT2D eigenvalue weighted by Gasteiger charge is -2.13. The number of carbonyl (C=O) groups is 1. The van der Waals surface area contributed by atoms with Crippen LogP contribution in [-0.4, -0.2) is 24.7 Å². The van der Waals surface area contributed by atoms with E-state index in [0.717, 1.165) is 6.07 Å². The van der Waals surface area contributed by atoms with Crippen molar-refractivity contribution >= 4 is 33.3 Å². The summed E-state index contributed by atoms with van der Waals surface area (Å²) in [6, 6.07) is 5.39. The second-order valence-corrected chi connectivity index (χ2v) is 5.97. The summed E-state index contributed by atoms with van der Waals surface area (Å²) in [7, 11) is -3.96. The molecule has 0 aliphatic rings. The maximum Gasteiger partial charge on any atom is 0.337 e. The third kappa shape index (κ3) is 3.59. The van der Waals surface area contributed by atoms with Crippen LogP contribution in [0.15, 0.2) is 18.2 Å². The summed E-state index contributed by atoms with van der Waals surface area (Å²) >= 11 is 5.66. The highest BCUT2D eigenvalue weighted by Gasteiger charge is 2.25. The third-order valence-corrected chi connectivity index (χ3v) is 4.28. The van der Waals surface area contributed by atoms with E-state index in [1.807, 2.05) is 0 Å². The van der Waals surface area contributed by atoms with Crippen molar-refractivity contribution in [2.24, 2.45) is 0 Å². The summed E-state index contributed by atoms with van der Waals surface area (Å²) in [5.41, 5.74) is -0.394. The van der Waals surface area contributed by atoms with Crippen LogP contribution in [0.4, 0.5) is 5.69 Å². The number of nitriles is 1. The first kappa shape index (κ1) is 15.3. The molecule has 0 saturated heterocycles. The molecule has 102 valence electrons. The first-order valence-electron chi connectivity index (χ1n) is 5.26. The van der Waals surface area contributed by atoms with Gasteiger partial charge in [0, 0.05) is 5.02 Å². The van der Waals surface area contributed by atoms with Crippen LogP contribution < -0.4 is 4.72 Å². The first-order valence-corrected chi connectivity index (χ1v) is 7.18. The van der Waals surface area contributed by atoms with Crippen LogP contribution in [0.5, 0.6) is 0 Å². The monoisotopic (exact) mass is 302 g/mol. The third-order valence-electron chi connectivity index (χ3n) is 2.35. The molecule has 0 radical (unpaired) electrons. The number of nitrogens with one attached hydrogen (secondary N) is 1. The molecule has 0 aliphatic heterocycles. The molecule has 1 atom stereocenters. The van der Waals surface area contributed by atoms with Crippen LogP contribution in [0.2, 0.25) is 5.02 Å². The van der Waals surface area contributed by atoms with Gasteiger partial charge in [-0.2, -0.15) is 5.26 Å². The molecule has 1 unspecified atom stereocenters. The van der Waals surface area contributed by atoms with Crippen LogP contribution in [0.1, 0.15) is 23.7 Å². The van der Waals surface area contributed by atoms with E-state index < -0.39 is 21.2 Å². The lowest BCUT2D eigenvalue weighted by Crippen LogP contribution is -2.26. The van der Waals surface area contributed by atoms with E-state index in [2.05, 4.69) is 4.72 Å². The van der Waals surface area contributed by atoms with Gasteiger partial charge < -0.3 is 5.11 Å². The molecule has 0 heterocycles. The number of nitrogens with zero attached hydrogens (tertiary/aromatic N) is 1. The number of rotatable bonds is 5. The number of carboxylic acid groups (broad SMARTS) is 1. The average Bonchev–Trinajstić information content (AvgIpc) is 2.32. The molecule has 1 aromatic carbocycles. The Kier molecular flexibility index (Phi) is 4.75. The number of hydrogen-bond acceptors (Lipinski definition) is 4. The molecule has 1 rings (SSSR count). The van der Waals surface area contributed by atoms with E-state index in [-0.39, 0.29) is 22.7 Å². The van der Waals surface area contributed by atoms with Crippen LogP contribution in [0, 0.1) is 11.3 Å². The minimum Gasteiger partial charge on any atom is -0.478 e. The zero-order valence-electron chi connectivity index (χ0n) is 9.92. The minimum atomic E-state index is -3.96. The van der Waals surface area contributed by atoms with Crippen molar-refractivity contribution in [2.45, 2.75) is 18.6 Å². The predicted octanol–water partition coefficient (Wildman–Crippen LogP) is 2.08. The van der Waals surface area contributed by atoms with Crippen LogP contribution in [0.25, 0.3) is 0 Å². The standard InChI is InChI=1S/C11H11ClN2O4S/c1-2-8(6-13)19(17,18)14-10-4-3-7(12)5-9(10)11(15)16/h3-5,8,14H,2H2,1H3,(H,15,16). The van der Waals surface area contributed by atoms with Gasteiger partial charge in [-0.15, -0.1) is 0 Å². The van der Waals surface area contributed by atoms with Crippen molar-refractivity contribution in [3.63, 3.8) is 0 Å². The Hall–Kier alpha value is -1.78. The van der Waals surface area contributed by atoms with Crippen molar-refractivity contribution in [1.82, 2.24) is 0 Å². The molecular weight excluding hydrogens is 292 g/mol. The number of anilines is 1. The van der Waals surface area contributed by atoms with Gasteiger partial charge in [0.05, 0.1) is 17.3 Å². The molecule has 0 bridgehead atoms. The second-order valence-electron chi connectivity index (χ2n) is 3.67. The Balaban J connectivity index is 3.21. The molecule has 2 N–H and O–H groups in total. The van der Waals surface area contributed by atoms with Gasteiger partial charge in [0.25, 0.3) is 0 Å². The van der Waals surface area contributed by atoms with Gasteiger partial charge in [-0.05, 0) is 24.6 Å². The fourth-order valence-electron chi connectivity index (χ4n) is 1.39. The van der Waals surface area contributed by atoms with Crippen LogP contribution in [0.3, 0.4) is 0 Å². The molecular formula is C11H11ClN2O4S. The van der Waals surface area contributed by atoms with Crippen molar-refractivity contribution in [2.75, 3.05) is 4.72 Å². The molecule has 0 aliphatic carbocycles. The summed E-state index contributed by atoms with van der Waals surface area (Å²) in [6.07, 6.45) is 0.0990. The van der Waals surface area contributed by atoms with Gasteiger partial charge in [0.1, 0.15) is 0 Å². The maximum absolute atomic E-state index is 11.9. The Labute approximate surface area is 115 Å². The van der Waals surface area contributed by atoms with Gasteiger partial charge in [-0.1, -0.05) is 18.5 Å². The van der Waals surface area contributed by atoms with Crippen LogP contribution in [-0.2, 0) is 10.0 Å². The Morgan fingerprint density at radius 2 is 2.21 bits per heavy atom. The zero-order valence-corrected chi connectivity index (χ0v) is 11.5. The number of benzene rings is 1. The quantitative estimate of drug-likeness (QED) is 0.866. The summed E-state index contributed by atoms with van der Waals surface area (Å²) in [4.78, 5) is 11.0. The minimum absolute atomic E-state index is 0.0990. The van der Waals surface area contributed by atoms with Crippen LogP contribution >= 0.6 is 11.6 Å². The molecule has 19 heavy (non-hydrogen) atoms. The molecule has 0 spiro atoms. The Morgan fingerprint density at radius 1 is 1.58 bits per heavy atom. The summed E-state index contributed by atoms with van der Waals surface area (Å²) in [5.74, 6) is -1.31. The van der Waals surface area contributed by atoms with E-state index in [1.54, 1.807) is 13.0 Å². The van der Waals surface area contributed by atoms with Crippen molar-refractivity contribution in [3.8, 4) is 6.07 Å². The Morgan fingerprint density at radius 3 is 2.68 bits per heavy atom. The molecule has 8 heteroatoms. The Bertz CT molecular complexity index is 637. The van der Waals surface area contributed by atoms with E-state index in [9.17, 15) is 13.2 Å². The fraction of sp³-hybridized carbons (Fsp3) is 0.273. The molecule has 0 amide bonds. The van der Waals surface area contributed by atoms with Gasteiger partial charge >= 0.3 is 5.97 Å². The lowest BCUT2D eigenvalue weighted by molar-refractivity contribution is 0.0698. The molecule has 0 fully saturated rings. The maximum atomic E-state index is 11.9. The number of carboxylic acids is 1. The average molecular weight is 303 g/mol. The molecule has 1 aromatic rings. The zero-order chi connectivity index (χ0) is 14.6. The highest BCUT2D eigenvalue weighted by atomic mass is 35.5. The van der Waals surface area contributed by atoms with E-state index in [1.165, 1.54) is 12.1 Å². The largest absolute Gasteiger partial charge is 0.478 e. The summed E-state index contributed by atoms with van der Waals surface area (Å²) in [6.45, 7) is 1.55. The van der Waals surface area contributed by atoms with E-state index >= 15 is 0 Å². The first-order chi connectivity index (χ1) is 8.81. The van der Waals surface area contributed by atoms with Crippen molar-refractivity contribution in [1.29, 1.82) is 5.26 Å². The van der Waals surface area contributed by atoms with Gasteiger partial charge in [-0.25, -0.2) is 13.2 Å². The van der Waals surface area contributed by atoms with Gasteiger partial charge in [0.15, 0.2) is 5.25 Å². The number of halogens is 1. The highest BCUT2D eigenvalue weighted by Crippen LogP contribution is 2.23.